The number of benzene rings is 7. The van der Waals surface area contributed by atoms with Gasteiger partial charge in [-0.15, -0.1) is 0 Å². The predicted molar refractivity (Wildman–Crippen MR) is 167 cm³/mol. The van der Waals surface area contributed by atoms with Crippen molar-refractivity contribution in [3.8, 4) is 22.3 Å². The Hall–Kier alpha value is -5.34. The van der Waals surface area contributed by atoms with Crippen molar-refractivity contribution in [1.29, 1.82) is 0 Å². The molecule has 0 saturated carbocycles. The van der Waals surface area contributed by atoms with Gasteiger partial charge in [-0.2, -0.15) is 0 Å². The molecule has 0 radical (unpaired) electrons. The maximum absolute atomic E-state index is 6.45. The van der Waals surface area contributed by atoms with Crippen molar-refractivity contribution in [2.45, 2.75) is 0 Å². The average Bonchev–Trinajstić information content (AvgIpc) is 3.58. The standard InChI is InChI=1S/C38H22O2/c1-3-11-27-23(7-1)9-5-13-29(27)25-15-19-35-33(21-25)31-17-18-32-34-22-26(16-20-36(34)40-38(32)37(31)39-35)30-14-6-10-24-8-2-4-12-28(24)30/h1-22H. The second-order valence-electron chi connectivity index (χ2n) is 10.5. The zero-order chi connectivity index (χ0) is 26.2. The van der Waals surface area contributed by atoms with E-state index >= 15 is 0 Å². The third-order valence-electron chi connectivity index (χ3n) is 8.28. The van der Waals surface area contributed by atoms with E-state index in [1.165, 1.54) is 43.8 Å². The second kappa shape index (κ2) is 8.08. The lowest BCUT2D eigenvalue weighted by Gasteiger charge is -2.07. The molecule has 2 nitrogen and oxygen atoms in total. The Morgan fingerprint density at radius 1 is 0.325 bits per heavy atom. The molecule has 2 heteroatoms. The Labute approximate surface area is 229 Å². The first-order valence-corrected chi connectivity index (χ1v) is 13.6. The molecule has 2 heterocycles. The second-order valence-corrected chi connectivity index (χ2v) is 10.5. The molecule has 0 saturated heterocycles. The van der Waals surface area contributed by atoms with Crippen LogP contribution in [-0.4, -0.2) is 0 Å². The van der Waals surface area contributed by atoms with Gasteiger partial charge in [0, 0.05) is 21.5 Å². The van der Waals surface area contributed by atoms with Crippen LogP contribution in [0.15, 0.2) is 142 Å². The molecule has 0 spiro atoms. The van der Waals surface area contributed by atoms with Gasteiger partial charge in [-0.05, 0) is 80.2 Å². The van der Waals surface area contributed by atoms with Crippen LogP contribution < -0.4 is 0 Å². The molecule has 0 atom stereocenters. The van der Waals surface area contributed by atoms with Gasteiger partial charge in [0.05, 0.1) is 0 Å². The minimum absolute atomic E-state index is 0.797. The summed E-state index contributed by atoms with van der Waals surface area (Å²) in [5, 5.41) is 9.31. The van der Waals surface area contributed by atoms with Gasteiger partial charge in [0.1, 0.15) is 11.2 Å². The zero-order valence-electron chi connectivity index (χ0n) is 21.5. The summed E-state index contributed by atoms with van der Waals surface area (Å²) >= 11 is 0. The van der Waals surface area contributed by atoms with Crippen molar-refractivity contribution in [3.05, 3.63) is 133 Å². The zero-order valence-corrected chi connectivity index (χ0v) is 21.5. The molecular formula is C38H22O2. The van der Waals surface area contributed by atoms with E-state index in [0.29, 0.717) is 0 Å². The van der Waals surface area contributed by atoms with E-state index in [0.717, 1.165) is 43.9 Å². The average molecular weight is 511 g/mol. The summed E-state index contributed by atoms with van der Waals surface area (Å²) in [6.45, 7) is 0. The van der Waals surface area contributed by atoms with Crippen molar-refractivity contribution < 1.29 is 8.83 Å². The quantitative estimate of drug-likeness (QED) is 0.231. The van der Waals surface area contributed by atoms with Crippen molar-refractivity contribution in [1.82, 2.24) is 0 Å². The molecule has 9 rings (SSSR count). The normalized spacial score (nSPS) is 12.0. The molecule has 0 amide bonds. The van der Waals surface area contributed by atoms with Crippen LogP contribution in [0.3, 0.4) is 0 Å². The van der Waals surface area contributed by atoms with Crippen molar-refractivity contribution in [3.63, 3.8) is 0 Å². The SMILES string of the molecule is c1ccc2c(-c3ccc4oc5c(ccc6c7cc(-c8cccc9ccccc89)ccc7oc65)c4c3)cccc2c1. The Morgan fingerprint density at radius 2 is 0.775 bits per heavy atom. The van der Waals surface area contributed by atoms with E-state index in [2.05, 4.69) is 133 Å². The Morgan fingerprint density at radius 3 is 1.27 bits per heavy atom. The van der Waals surface area contributed by atoms with Gasteiger partial charge >= 0.3 is 0 Å². The van der Waals surface area contributed by atoms with Crippen LogP contribution in [0.4, 0.5) is 0 Å². The fourth-order valence-corrected chi connectivity index (χ4v) is 6.36. The fraction of sp³-hybridized carbons (Fsp3) is 0. The van der Waals surface area contributed by atoms with Crippen molar-refractivity contribution in [2.24, 2.45) is 0 Å². The van der Waals surface area contributed by atoms with Crippen molar-refractivity contribution in [2.75, 3.05) is 0 Å². The predicted octanol–water partition coefficient (Wildman–Crippen LogP) is 11.1. The maximum Gasteiger partial charge on any atom is 0.178 e. The summed E-state index contributed by atoms with van der Waals surface area (Å²) in [4.78, 5) is 0. The van der Waals surface area contributed by atoms with E-state index in [9.17, 15) is 0 Å². The van der Waals surface area contributed by atoms with E-state index in [1.807, 2.05) is 0 Å². The number of hydrogen-bond acceptors (Lipinski definition) is 2. The van der Waals surface area contributed by atoms with Gasteiger partial charge in [-0.3, -0.25) is 0 Å². The molecule has 0 aliphatic carbocycles. The number of hydrogen-bond donors (Lipinski definition) is 0. The van der Waals surface area contributed by atoms with Gasteiger partial charge in [0.25, 0.3) is 0 Å². The summed E-state index contributed by atoms with van der Waals surface area (Å²) in [5.41, 5.74) is 8.12. The van der Waals surface area contributed by atoms with Crippen LogP contribution in [0, 0.1) is 0 Å². The van der Waals surface area contributed by atoms with E-state index in [-0.39, 0.29) is 0 Å². The highest BCUT2D eigenvalue weighted by Crippen LogP contribution is 2.41. The summed E-state index contributed by atoms with van der Waals surface area (Å²) < 4.78 is 12.9. The molecule has 0 fully saturated rings. The summed E-state index contributed by atoms with van der Waals surface area (Å²) in [6.07, 6.45) is 0. The fourth-order valence-electron chi connectivity index (χ4n) is 6.36. The van der Waals surface area contributed by atoms with Crippen LogP contribution in [0.2, 0.25) is 0 Å². The highest BCUT2D eigenvalue weighted by Gasteiger charge is 2.17. The molecular weight excluding hydrogens is 488 g/mol. The Kier molecular flexibility index (Phi) is 4.36. The lowest BCUT2D eigenvalue weighted by Crippen LogP contribution is -1.81. The first-order chi connectivity index (χ1) is 19.8. The third kappa shape index (κ3) is 3.05. The summed E-state index contributed by atoms with van der Waals surface area (Å²) in [7, 11) is 0. The van der Waals surface area contributed by atoms with Gasteiger partial charge in [-0.1, -0.05) is 97.1 Å². The van der Waals surface area contributed by atoms with E-state index in [4.69, 9.17) is 8.83 Å². The molecule has 0 N–H and O–H groups in total. The number of rotatable bonds is 2. The Balaban J connectivity index is 1.25. The minimum atomic E-state index is 0.797. The van der Waals surface area contributed by atoms with Crippen LogP contribution in [0.25, 0.3) is 87.7 Å². The first kappa shape index (κ1) is 21.6. The highest BCUT2D eigenvalue weighted by atomic mass is 16.4. The molecule has 2 aromatic heterocycles. The molecule has 9 aromatic rings. The lowest BCUT2D eigenvalue weighted by atomic mass is 9.96. The van der Waals surface area contributed by atoms with Crippen LogP contribution in [0.1, 0.15) is 0 Å². The van der Waals surface area contributed by atoms with Crippen LogP contribution in [0.5, 0.6) is 0 Å². The molecule has 0 aliphatic rings. The van der Waals surface area contributed by atoms with E-state index in [1.54, 1.807) is 0 Å². The molecule has 7 aromatic carbocycles. The van der Waals surface area contributed by atoms with E-state index < -0.39 is 0 Å². The smallest absolute Gasteiger partial charge is 0.178 e. The third-order valence-corrected chi connectivity index (χ3v) is 8.28. The van der Waals surface area contributed by atoms with Crippen LogP contribution in [-0.2, 0) is 0 Å². The number of fused-ring (bicyclic) bond motifs is 9. The topological polar surface area (TPSA) is 26.3 Å². The highest BCUT2D eigenvalue weighted by molar-refractivity contribution is 6.20. The van der Waals surface area contributed by atoms with Crippen molar-refractivity contribution >= 4 is 65.4 Å². The van der Waals surface area contributed by atoms with Gasteiger partial charge in [-0.25, -0.2) is 0 Å². The van der Waals surface area contributed by atoms with Gasteiger partial charge in [0.2, 0.25) is 0 Å². The maximum atomic E-state index is 6.45. The number of furan rings is 2. The monoisotopic (exact) mass is 510 g/mol. The molecule has 40 heavy (non-hydrogen) atoms. The Bertz CT molecular complexity index is 2250. The first-order valence-electron chi connectivity index (χ1n) is 13.6. The van der Waals surface area contributed by atoms with Gasteiger partial charge in [0.15, 0.2) is 11.2 Å². The molecule has 186 valence electrons. The van der Waals surface area contributed by atoms with Crippen LogP contribution >= 0.6 is 0 Å². The minimum Gasteiger partial charge on any atom is -0.452 e. The van der Waals surface area contributed by atoms with Gasteiger partial charge < -0.3 is 8.83 Å². The molecule has 0 bridgehead atoms. The molecule has 0 aliphatic heterocycles. The largest absolute Gasteiger partial charge is 0.452 e. The summed E-state index contributed by atoms with van der Waals surface area (Å²) in [5.74, 6) is 0. The lowest BCUT2D eigenvalue weighted by molar-refractivity contribution is 0.633. The summed E-state index contributed by atoms with van der Waals surface area (Å²) in [6, 6.07) is 47.3. The molecule has 0 unspecified atom stereocenters.